The van der Waals surface area contributed by atoms with Crippen LogP contribution in [-0.2, 0) is 11.2 Å². The fourth-order valence-corrected chi connectivity index (χ4v) is 5.54. The third-order valence-corrected chi connectivity index (χ3v) is 7.58. The van der Waals surface area contributed by atoms with E-state index in [1.54, 1.807) is 24.1 Å². The molecule has 2 aliphatic heterocycles. The van der Waals surface area contributed by atoms with Gasteiger partial charge in [-0.1, -0.05) is 29.3 Å². The van der Waals surface area contributed by atoms with E-state index in [0.717, 1.165) is 35.3 Å². The number of nitrogen functional groups attached to an aromatic ring is 1. The zero-order chi connectivity index (χ0) is 26.5. The van der Waals surface area contributed by atoms with Gasteiger partial charge in [-0.05, 0) is 68.1 Å². The Morgan fingerprint density at radius 3 is 2.70 bits per heavy atom. The average Bonchev–Trinajstić information content (AvgIpc) is 2.85. The first kappa shape index (κ1) is 25.6. The molecule has 0 saturated carbocycles. The Morgan fingerprint density at radius 1 is 1.22 bits per heavy atom. The first-order chi connectivity index (χ1) is 17.6. The summed E-state index contributed by atoms with van der Waals surface area (Å²) in [5.74, 6) is 0.428. The minimum absolute atomic E-state index is 0.0973. The van der Waals surface area contributed by atoms with Crippen LogP contribution in [0.5, 0.6) is 11.5 Å². The number of nitrogens with two attached hydrogens (primary N) is 1. The number of carbonyl (C=O) groups excluding carboxylic acids is 1. The molecule has 2 aliphatic rings. The van der Waals surface area contributed by atoms with Crippen LogP contribution in [0.2, 0.25) is 10.0 Å². The van der Waals surface area contributed by atoms with Gasteiger partial charge in [-0.2, -0.15) is 0 Å². The van der Waals surface area contributed by atoms with Crippen LogP contribution in [0.25, 0.3) is 11.1 Å². The molecule has 0 aliphatic carbocycles. The number of likely N-dealkylation sites (tertiary alicyclic amines) is 1. The van der Waals surface area contributed by atoms with E-state index in [9.17, 15) is 14.3 Å². The van der Waals surface area contributed by atoms with Gasteiger partial charge in [-0.15, -0.1) is 0 Å². The van der Waals surface area contributed by atoms with E-state index in [4.69, 9.17) is 38.4 Å². The summed E-state index contributed by atoms with van der Waals surface area (Å²) in [7, 11) is 0. The lowest BCUT2D eigenvalue weighted by molar-refractivity contribution is -0.160. The highest BCUT2D eigenvalue weighted by atomic mass is 35.5. The van der Waals surface area contributed by atoms with Gasteiger partial charge in [0.15, 0.2) is 11.6 Å². The maximum atomic E-state index is 14.0. The Balaban J connectivity index is 1.34. The molecule has 1 saturated heterocycles. The minimum atomic E-state index is -1.01. The van der Waals surface area contributed by atoms with Crippen molar-refractivity contribution in [3.8, 4) is 22.6 Å². The van der Waals surface area contributed by atoms with E-state index in [2.05, 4.69) is 4.98 Å². The molecule has 3 aromatic rings. The Labute approximate surface area is 223 Å². The number of pyridine rings is 1. The Kier molecular flexibility index (Phi) is 6.68. The molecule has 0 unspecified atom stereocenters. The monoisotopic (exact) mass is 545 g/mol. The number of benzene rings is 2. The Morgan fingerprint density at radius 2 is 1.97 bits per heavy atom. The van der Waals surface area contributed by atoms with Crippen molar-refractivity contribution in [2.24, 2.45) is 0 Å². The fraction of sp³-hybridized carbons (Fsp3) is 0.333. The van der Waals surface area contributed by atoms with E-state index in [1.807, 2.05) is 18.2 Å². The van der Waals surface area contributed by atoms with Crippen LogP contribution in [0.15, 0.2) is 42.6 Å². The maximum Gasteiger partial charge on any atom is 0.251 e. The van der Waals surface area contributed by atoms with Crippen molar-refractivity contribution in [1.82, 2.24) is 9.88 Å². The number of carbonyl (C=O) groups is 1. The molecule has 10 heteroatoms. The van der Waals surface area contributed by atoms with Crippen molar-refractivity contribution < 1.29 is 23.8 Å². The van der Waals surface area contributed by atoms with Gasteiger partial charge in [0.1, 0.15) is 29.4 Å². The van der Waals surface area contributed by atoms with Gasteiger partial charge >= 0.3 is 0 Å². The number of amides is 1. The van der Waals surface area contributed by atoms with Gasteiger partial charge in [0, 0.05) is 22.3 Å². The summed E-state index contributed by atoms with van der Waals surface area (Å²) < 4.78 is 26.3. The van der Waals surface area contributed by atoms with Gasteiger partial charge < -0.3 is 25.2 Å². The lowest BCUT2D eigenvalue weighted by atomic mass is 9.83. The van der Waals surface area contributed by atoms with Crippen LogP contribution in [0.4, 0.5) is 10.2 Å². The molecule has 194 valence electrons. The molecular weight excluding hydrogens is 520 g/mol. The van der Waals surface area contributed by atoms with Gasteiger partial charge in [0.05, 0.1) is 18.1 Å². The third kappa shape index (κ3) is 4.81. The number of rotatable bonds is 5. The second-order valence-corrected chi connectivity index (χ2v) is 10.4. The first-order valence-corrected chi connectivity index (χ1v) is 12.7. The highest BCUT2D eigenvalue weighted by molar-refractivity contribution is 6.36. The second-order valence-electron chi connectivity index (χ2n) is 9.60. The van der Waals surface area contributed by atoms with Crippen molar-refractivity contribution >= 4 is 34.9 Å². The topological polar surface area (TPSA) is 97.9 Å². The summed E-state index contributed by atoms with van der Waals surface area (Å²) in [4.78, 5) is 17.9. The number of fused-ring (bicyclic) bond motifs is 1. The molecule has 1 aromatic heterocycles. The SMILES string of the molecule is C[C@@H](O)C(=O)N1CC2(CCc3cc(-c4cnc(N)c(O[C@H](C)c5c(Cl)ccc(F)c5Cl)c4)ccc3O2)C1. The molecule has 1 fully saturated rings. The van der Waals surface area contributed by atoms with Crippen LogP contribution in [0.1, 0.15) is 37.5 Å². The smallest absolute Gasteiger partial charge is 0.251 e. The van der Waals surface area contributed by atoms with Crippen molar-refractivity contribution in [3.63, 3.8) is 0 Å². The fourth-order valence-electron chi connectivity index (χ4n) is 4.86. The predicted molar refractivity (Wildman–Crippen MR) is 139 cm³/mol. The van der Waals surface area contributed by atoms with Crippen LogP contribution in [0.3, 0.4) is 0 Å². The minimum Gasteiger partial charge on any atom is -0.483 e. The molecular formula is C27H26Cl2FN3O4. The Hall–Kier alpha value is -3.07. The summed E-state index contributed by atoms with van der Waals surface area (Å²) >= 11 is 12.4. The molecule has 1 spiro atoms. The second kappa shape index (κ2) is 9.67. The highest BCUT2D eigenvalue weighted by Crippen LogP contribution is 2.41. The quantitative estimate of drug-likeness (QED) is 0.427. The van der Waals surface area contributed by atoms with Crippen LogP contribution >= 0.6 is 23.2 Å². The normalized spacial score (nSPS) is 17.4. The maximum absolute atomic E-state index is 14.0. The number of aromatic nitrogens is 1. The van der Waals surface area contributed by atoms with Gasteiger partial charge in [0.25, 0.3) is 5.91 Å². The number of ether oxygens (including phenoxy) is 2. The lowest BCUT2D eigenvalue weighted by Gasteiger charge is -2.52. The molecule has 0 radical (unpaired) electrons. The van der Waals surface area contributed by atoms with Gasteiger partial charge in [0.2, 0.25) is 0 Å². The van der Waals surface area contributed by atoms with Crippen LogP contribution in [0, 0.1) is 5.82 Å². The number of aliphatic hydroxyl groups is 1. The van der Waals surface area contributed by atoms with Crippen molar-refractivity contribution in [2.45, 2.75) is 44.5 Å². The van der Waals surface area contributed by atoms with Crippen LogP contribution in [-0.4, -0.2) is 45.7 Å². The van der Waals surface area contributed by atoms with Crippen LogP contribution < -0.4 is 15.2 Å². The average molecular weight is 546 g/mol. The predicted octanol–water partition coefficient (Wildman–Crippen LogP) is 5.20. The van der Waals surface area contributed by atoms with E-state index >= 15 is 0 Å². The summed E-state index contributed by atoms with van der Waals surface area (Å²) in [6.07, 6.45) is 1.54. The standard InChI is InChI=1S/C27H26Cl2FN3O4/c1-14(34)26(35)33-12-27(13-33)8-7-17-9-16(3-6-21(17)37-27)18-10-22(25(31)32-11-18)36-15(2)23-19(28)4-5-20(30)24(23)29/h3-6,9-11,14-15,34H,7-8,12-13H2,1-2H3,(H2,31,32)/t14-,15-/m1/s1. The Bertz CT molecular complexity index is 1380. The van der Waals surface area contributed by atoms with E-state index in [1.165, 1.54) is 19.1 Å². The molecule has 7 nitrogen and oxygen atoms in total. The highest BCUT2D eigenvalue weighted by Gasteiger charge is 2.49. The molecule has 3 heterocycles. The molecule has 37 heavy (non-hydrogen) atoms. The lowest BCUT2D eigenvalue weighted by Crippen LogP contribution is -2.68. The zero-order valence-electron chi connectivity index (χ0n) is 20.3. The molecule has 3 N–H and O–H groups in total. The number of aliphatic hydroxyl groups excluding tert-OH is 1. The van der Waals surface area contributed by atoms with Crippen molar-refractivity contribution in [1.29, 1.82) is 0 Å². The summed E-state index contributed by atoms with van der Waals surface area (Å²) in [5, 5.41) is 9.73. The summed E-state index contributed by atoms with van der Waals surface area (Å²) in [5.41, 5.74) is 8.74. The number of aryl methyl sites for hydroxylation is 1. The molecule has 2 aromatic carbocycles. The van der Waals surface area contributed by atoms with Gasteiger partial charge in [-0.3, -0.25) is 4.79 Å². The molecule has 2 atom stereocenters. The summed E-state index contributed by atoms with van der Waals surface area (Å²) in [6, 6.07) is 10.3. The number of hydrogen-bond acceptors (Lipinski definition) is 6. The van der Waals surface area contributed by atoms with Gasteiger partial charge in [-0.25, -0.2) is 9.37 Å². The molecule has 5 rings (SSSR count). The van der Waals surface area contributed by atoms with E-state index < -0.39 is 23.6 Å². The van der Waals surface area contributed by atoms with Crippen molar-refractivity contribution in [3.05, 3.63) is 69.6 Å². The molecule has 0 bridgehead atoms. The van der Waals surface area contributed by atoms with E-state index in [0.29, 0.717) is 29.4 Å². The number of hydrogen-bond donors (Lipinski definition) is 2. The first-order valence-electron chi connectivity index (χ1n) is 11.9. The molecule has 1 amide bonds. The summed E-state index contributed by atoms with van der Waals surface area (Å²) in [6.45, 7) is 4.12. The number of anilines is 1. The largest absolute Gasteiger partial charge is 0.483 e. The van der Waals surface area contributed by atoms with Crippen molar-refractivity contribution in [2.75, 3.05) is 18.8 Å². The van der Waals surface area contributed by atoms with E-state index in [-0.39, 0.29) is 16.7 Å². The zero-order valence-corrected chi connectivity index (χ0v) is 21.8. The third-order valence-electron chi connectivity index (χ3n) is 6.87. The number of halogens is 3. The number of nitrogens with zero attached hydrogens (tertiary/aromatic N) is 2.